The fraction of sp³-hybridized carbons (Fsp3) is 0.441. The van der Waals surface area contributed by atoms with E-state index >= 15 is 0 Å². The number of benzene rings is 5. The first-order valence-electron chi connectivity index (χ1n) is 25.8. The first-order valence-corrected chi connectivity index (χ1v) is 28.6. The number of nitrogens with two attached hydrogens (primary N) is 2. The zero-order valence-corrected chi connectivity index (χ0v) is 48.0. The molecule has 2 atom stereocenters. The second kappa shape index (κ2) is 27.2. The number of carbonyl (C=O) groups excluding carboxylic acids is 1. The van der Waals surface area contributed by atoms with Crippen molar-refractivity contribution < 1.29 is 35.8 Å². The minimum atomic E-state index is -3.48. The van der Waals surface area contributed by atoms with E-state index in [0.29, 0.717) is 44.0 Å². The fourth-order valence-corrected chi connectivity index (χ4v) is 12.3. The van der Waals surface area contributed by atoms with E-state index < -0.39 is 21.2 Å². The zero-order chi connectivity index (χ0) is 51.3. The van der Waals surface area contributed by atoms with Crippen LogP contribution in [0.1, 0.15) is 113 Å². The number of fused-ring (bicyclic) bond motifs is 4. The summed E-state index contributed by atoms with van der Waals surface area (Å²) in [4.78, 5) is 15.8. The Kier molecular flexibility index (Phi) is 21.7. The van der Waals surface area contributed by atoms with Gasteiger partial charge in [-0.3, -0.25) is 13.2 Å². The number of anilines is 1. The summed E-state index contributed by atoms with van der Waals surface area (Å²) in [6.45, 7) is 12.7. The van der Waals surface area contributed by atoms with Gasteiger partial charge in [-0.15, -0.1) is 0 Å². The number of nitrogens with one attached hydrogen (secondary N) is 1. The number of ether oxygens (including phenoxy) is 1. The van der Waals surface area contributed by atoms with E-state index in [4.69, 9.17) is 14.7 Å². The number of amides is 1. The molecule has 2 aliphatic rings. The fourth-order valence-electron chi connectivity index (χ4n) is 11.0. The van der Waals surface area contributed by atoms with Gasteiger partial charge in [0.2, 0.25) is 0 Å². The van der Waals surface area contributed by atoms with Gasteiger partial charge in [-0.2, -0.15) is 8.42 Å². The predicted molar refractivity (Wildman–Crippen MR) is 302 cm³/mol. The summed E-state index contributed by atoms with van der Waals surface area (Å²) in [7, 11) is -0.761. The number of rotatable bonds is 26. The van der Waals surface area contributed by atoms with E-state index in [1.807, 2.05) is 12.1 Å². The van der Waals surface area contributed by atoms with Crippen molar-refractivity contribution in [1.29, 1.82) is 0 Å². The van der Waals surface area contributed by atoms with Gasteiger partial charge < -0.3 is 26.0 Å². The standard InChI is InChI=1S/C59H76N4O7S2.Na/c1-58(2,55-49-22-9-7-17-43(49)28-31-51(55)61-36-11-14-42-72(66,67)69-6)34-16-21-45-19-15-20-46(54(45)47-24-26-48(27-25-47)57(64)62-37-40-70-39-35-60)30-33-53-59(3,4)56-50-23-10-8-18-44(50)29-32-52(56)63(53)38-12-13-41-71(65)68-5;/h7-10,16-18,21-29,31-33,46,61H,11-15,19-20,30,34-42,60H2,1-6H3,(H,62,64);/p+1/b21-16+,53-33-;. The number of quaternary nitrogens is 1. The molecule has 1 heterocycles. The average molecular weight is 1040 g/mol. The number of hydrogen-bond acceptors (Lipinski definition) is 9. The van der Waals surface area contributed by atoms with Crippen LogP contribution in [0.5, 0.6) is 0 Å². The summed E-state index contributed by atoms with van der Waals surface area (Å²) in [5, 5.41) is 10.2. The molecule has 0 spiro atoms. The van der Waals surface area contributed by atoms with Crippen LogP contribution in [0.15, 0.2) is 127 Å². The van der Waals surface area contributed by atoms with Crippen LogP contribution in [0.3, 0.4) is 0 Å². The average Bonchev–Trinajstić information content (AvgIpc) is 3.60. The molecule has 5 aromatic rings. The molecule has 5 aromatic carbocycles. The molecule has 1 aliphatic carbocycles. The van der Waals surface area contributed by atoms with Crippen molar-refractivity contribution in [1.82, 2.24) is 5.32 Å². The van der Waals surface area contributed by atoms with E-state index in [0.717, 1.165) is 70.0 Å². The summed E-state index contributed by atoms with van der Waals surface area (Å²) in [5.41, 5.74) is 15.8. The number of nitrogens with zero attached hydrogens (tertiary/aromatic N) is 1. The van der Waals surface area contributed by atoms with Crippen LogP contribution < -0.4 is 21.3 Å². The number of carbonyl (C=O) groups is 1. The summed E-state index contributed by atoms with van der Waals surface area (Å²) in [6, 6.07) is 34.3. The minimum absolute atomic E-state index is 0. The third-order valence-electron chi connectivity index (χ3n) is 14.5. The van der Waals surface area contributed by atoms with Crippen LogP contribution in [0.4, 0.5) is 11.4 Å². The molecule has 0 aromatic heterocycles. The van der Waals surface area contributed by atoms with Crippen LogP contribution >= 0.6 is 0 Å². The van der Waals surface area contributed by atoms with Crippen molar-refractivity contribution >= 4 is 95.2 Å². The molecule has 5 N–H and O–H groups in total. The van der Waals surface area contributed by atoms with Gasteiger partial charge in [0.15, 0.2) is 11.1 Å². The Balaban J connectivity index is 0.00000869. The monoisotopic (exact) mass is 1040 g/mol. The molecule has 387 valence electrons. The molecule has 73 heavy (non-hydrogen) atoms. The smallest absolute Gasteiger partial charge is 0.267 e. The second-order valence-electron chi connectivity index (χ2n) is 20.3. The summed E-state index contributed by atoms with van der Waals surface area (Å²) < 4.78 is 51.4. The maximum atomic E-state index is 13.3. The first-order chi connectivity index (χ1) is 34.7. The summed E-state index contributed by atoms with van der Waals surface area (Å²) >= 11 is -1.28. The molecule has 1 aliphatic heterocycles. The van der Waals surface area contributed by atoms with Crippen LogP contribution in [0.25, 0.3) is 27.1 Å². The third-order valence-corrected chi connectivity index (χ3v) is 16.8. The molecule has 7 rings (SSSR count). The Morgan fingerprint density at radius 2 is 1.63 bits per heavy atom. The van der Waals surface area contributed by atoms with Crippen LogP contribution in [0.2, 0.25) is 0 Å². The van der Waals surface area contributed by atoms with Crippen molar-refractivity contribution in [2.75, 3.05) is 70.0 Å². The van der Waals surface area contributed by atoms with Gasteiger partial charge >= 0.3 is 0 Å². The largest absolute Gasteiger partial charge is 0.378 e. The molecule has 0 bridgehead atoms. The van der Waals surface area contributed by atoms with Crippen LogP contribution in [-0.2, 0) is 45.1 Å². The van der Waals surface area contributed by atoms with Crippen molar-refractivity contribution in [3.8, 4) is 0 Å². The van der Waals surface area contributed by atoms with Crippen molar-refractivity contribution in [3.63, 3.8) is 0 Å². The van der Waals surface area contributed by atoms with Gasteiger partial charge in [-0.1, -0.05) is 113 Å². The quantitative estimate of drug-likeness (QED) is 0.0213. The first kappa shape index (κ1) is 58.3. The zero-order valence-electron chi connectivity index (χ0n) is 44.3. The van der Waals surface area contributed by atoms with Crippen molar-refractivity contribution in [2.24, 2.45) is 11.7 Å². The second-order valence-corrected chi connectivity index (χ2v) is 23.5. The molecule has 14 heteroatoms. The maximum absolute atomic E-state index is 13.3. The predicted octanol–water partition coefficient (Wildman–Crippen LogP) is 9.91. The molecular weight excluding hydrogens is 964 g/mol. The van der Waals surface area contributed by atoms with Gasteiger partial charge in [0.1, 0.15) is 5.69 Å². The van der Waals surface area contributed by atoms with E-state index in [9.17, 15) is 17.4 Å². The topological polar surface area (TPSA) is 154 Å². The molecule has 1 amide bonds. The molecule has 1 radical (unpaired) electrons. The van der Waals surface area contributed by atoms with Crippen molar-refractivity contribution in [3.05, 3.63) is 149 Å². The van der Waals surface area contributed by atoms with E-state index in [-0.39, 0.29) is 58.0 Å². The molecule has 0 saturated carbocycles. The molecule has 2 unspecified atom stereocenters. The summed E-state index contributed by atoms with van der Waals surface area (Å²) in [5.74, 6) is 0.631. The van der Waals surface area contributed by atoms with E-state index in [1.165, 1.54) is 75.1 Å². The van der Waals surface area contributed by atoms with Crippen LogP contribution in [0, 0.1) is 5.92 Å². The number of allylic oxidation sites excluding steroid dienone is 6. The third kappa shape index (κ3) is 14.7. The molecule has 11 nitrogen and oxygen atoms in total. The Bertz CT molecular complexity index is 2900. The SMILES string of the molecule is COS(=O)CCCCN1/C(=C\CC2CCCC(/C=C/CC(C)(C)c3c([NH2+]CCCCS(=O)(=O)OC)ccc4ccccc34)=C2c2ccc(C(=O)NCCOCCN)cc2)C(C)(C)c2c1ccc1ccccc21.[Na]. The van der Waals surface area contributed by atoms with Gasteiger partial charge in [0.25, 0.3) is 16.0 Å². The van der Waals surface area contributed by atoms with Crippen LogP contribution in [-0.4, -0.2) is 113 Å². The maximum Gasteiger partial charge on any atom is 0.267 e. The number of unbranched alkanes of at least 4 members (excludes halogenated alkanes) is 2. The van der Waals surface area contributed by atoms with Gasteiger partial charge in [-0.25, -0.2) is 4.21 Å². The van der Waals surface area contributed by atoms with Gasteiger partial charge in [0, 0.05) is 82.9 Å². The van der Waals surface area contributed by atoms with E-state index in [2.05, 4.69) is 151 Å². The van der Waals surface area contributed by atoms with Gasteiger partial charge in [-0.05, 0) is 143 Å². The number of hydrogen-bond donors (Lipinski definition) is 3. The Hall–Kier alpha value is -3.99. The van der Waals surface area contributed by atoms with Gasteiger partial charge in [0.05, 0.1) is 39.7 Å². The normalized spacial score (nSPS) is 16.9. The minimum Gasteiger partial charge on any atom is -0.378 e. The summed E-state index contributed by atoms with van der Waals surface area (Å²) in [6.07, 6.45) is 14.9. The Labute approximate surface area is 459 Å². The molecule has 0 fully saturated rings. The molecule has 0 saturated heterocycles. The Morgan fingerprint density at radius 1 is 0.918 bits per heavy atom. The molecular formula is C59H77N4NaO7S2+. The van der Waals surface area contributed by atoms with Crippen molar-refractivity contribution in [2.45, 2.75) is 96.3 Å². The van der Waals surface area contributed by atoms with E-state index in [1.54, 1.807) is 0 Å². The Morgan fingerprint density at radius 3 is 2.36 bits per heavy atom.